The number of ether oxygens (including phenoxy) is 2. The van der Waals surface area contributed by atoms with E-state index in [0.29, 0.717) is 31.1 Å². The Bertz CT molecular complexity index is 345. The normalized spacial score (nSPS) is 10.2. The predicted octanol–water partition coefficient (Wildman–Crippen LogP) is 1.86. The van der Waals surface area contributed by atoms with Crippen LogP contribution in [0.5, 0.6) is 5.75 Å². The molecule has 90 valence electrons. The minimum absolute atomic E-state index is 0.205. The van der Waals surface area contributed by atoms with E-state index in [9.17, 15) is 4.39 Å². The van der Waals surface area contributed by atoms with Crippen molar-refractivity contribution in [2.75, 3.05) is 37.9 Å². The van der Waals surface area contributed by atoms with E-state index in [1.54, 1.807) is 20.1 Å². The van der Waals surface area contributed by atoms with E-state index in [0.717, 1.165) is 0 Å². The van der Waals surface area contributed by atoms with Gasteiger partial charge in [0.1, 0.15) is 0 Å². The molecule has 1 aromatic carbocycles. The lowest BCUT2D eigenvalue weighted by atomic mass is 10.2. The van der Waals surface area contributed by atoms with E-state index >= 15 is 0 Å². The van der Waals surface area contributed by atoms with Crippen molar-refractivity contribution < 1.29 is 13.9 Å². The molecule has 16 heavy (non-hydrogen) atoms. The van der Waals surface area contributed by atoms with Crippen LogP contribution in [0.2, 0.25) is 0 Å². The first kappa shape index (κ1) is 12.6. The maximum atomic E-state index is 13.3. The number of halogens is 1. The lowest BCUT2D eigenvalue weighted by molar-refractivity contribution is 0.211. The van der Waals surface area contributed by atoms with Gasteiger partial charge in [0.15, 0.2) is 11.6 Å². The third kappa shape index (κ3) is 3.27. The third-order valence-electron chi connectivity index (χ3n) is 2.03. The molecule has 0 bridgehead atoms. The smallest absolute Gasteiger partial charge is 0.167 e. The van der Waals surface area contributed by atoms with Crippen LogP contribution in [0.25, 0.3) is 0 Å². The van der Waals surface area contributed by atoms with Crippen molar-refractivity contribution in [2.24, 2.45) is 0 Å². The van der Waals surface area contributed by atoms with Crippen LogP contribution < -0.4 is 15.8 Å². The first-order chi connectivity index (χ1) is 7.69. The van der Waals surface area contributed by atoms with Crippen molar-refractivity contribution in [3.05, 3.63) is 17.9 Å². The number of hydrogen-bond acceptors (Lipinski definition) is 4. The minimum Gasteiger partial charge on any atom is -0.491 e. The number of hydrogen-bond donors (Lipinski definition) is 2. The third-order valence-corrected chi connectivity index (χ3v) is 2.03. The molecule has 1 aromatic rings. The number of nitrogens with one attached hydrogen (secondary N) is 1. The zero-order chi connectivity index (χ0) is 12.0. The van der Waals surface area contributed by atoms with Crippen molar-refractivity contribution in [3.63, 3.8) is 0 Å². The molecule has 4 nitrogen and oxygen atoms in total. The molecule has 0 atom stereocenters. The lowest BCUT2D eigenvalue weighted by Gasteiger charge is -2.12. The highest BCUT2D eigenvalue weighted by atomic mass is 19.1. The highest BCUT2D eigenvalue weighted by molar-refractivity contribution is 5.68. The first-order valence-corrected chi connectivity index (χ1v) is 5.13. The summed E-state index contributed by atoms with van der Waals surface area (Å²) < 4.78 is 23.4. The van der Waals surface area contributed by atoms with Gasteiger partial charge in [0.05, 0.1) is 24.6 Å². The summed E-state index contributed by atoms with van der Waals surface area (Å²) in [6.45, 7) is 3.38. The molecule has 0 aliphatic carbocycles. The molecule has 0 aliphatic rings. The van der Waals surface area contributed by atoms with E-state index in [1.807, 2.05) is 0 Å². The van der Waals surface area contributed by atoms with Crippen molar-refractivity contribution >= 4 is 11.4 Å². The average Bonchev–Trinajstić information content (AvgIpc) is 2.25. The van der Waals surface area contributed by atoms with Crippen molar-refractivity contribution in [3.8, 4) is 5.75 Å². The highest BCUT2D eigenvalue weighted by Crippen LogP contribution is 2.27. The fourth-order valence-electron chi connectivity index (χ4n) is 1.28. The second-order valence-corrected chi connectivity index (χ2v) is 3.22. The SMILES string of the molecule is CCOc1cc(NCCOC)c(N)cc1F. The average molecular weight is 228 g/mol. The zero-order valence-corrected chi connectivity index (χ0v) is 9.55. The van der Waals surface area contributed by atoms with Gasteiger partial charge in [-0.05, 0) is 6.92 Å². The molecule has 0 saturated carbocycles. The molecule has 0 fully saturated rings. The molecule has 3 N–H and O–H groups in total. The first-order valence-electron chi connectivity index (χ1n) is 5.13. The Labute approximate surface area is 94.5 Å². The van der Waals surface area contributed by atoms with Gasteiger partial charge in [-0.2, -0.15) is 0 Å². The summed E-state index contributed by atoms with van der Waals surface area (Å²) in [7, 11) is 1.61. The highest BCUT2D eigenvalue weighted by Gasteiger charge is 2.08. The largest absolute Gasteiger partial charge is 0.491 e. The van der Waals surface area contributed by atoms with Crippen LogP contribution in [0.1, 0.15) is 6.92 Å². The molecule has 0 spiro atoms. The molecular weight excluding hydrogens is 211 g/mol. The quantitative estimate of drug-likeness (QED) is 0.576. The number of anilines is 2. The lowest BCUT2D eigenvalue weighted by Crippen LogP contribution is -2.10. The maximum absolute atomic E-state index is 13.3. The molecule has 0 aliphatic heterocycles. The molecule has 0 unspecified atom stereocenters. The van der Waals surface area contributed by atoms with Crippen molar-refractivity contribution in [1.29, 1.82) is 0 Å². The van der Waals surface area contributed by atoms with Crippen LogP contribution in [-0.2, 0) is 4.74 Å². The summed E-state index contributed by atoms with van der Waals surface area (Å²) in [5.74, 6) is -0.242. The molecule has 0 amide bonds. The second-order valence-electron chi connectivity index (χ2n) is 3.22. The molecule has 0 radical (unpaired) electrons. The van der Waals surface area contributed by atoms with Crippen LogP contribution in [0.3, 0.4) is 0 Å². The van der Waals surface area contributed by atoms with Gasteiger partial charge in [-0.15, -0.1) is 0 Å². The van der Waals surface area contributed by atoms with E-state index in [1.165, 1.54) is 6.07 Å². The van der Waals surface area contributed by atoms with Gasteiger partial charge in [-0.1, -0.05) is 0 Å². The van der Waals surface area contributed by atoms with Gasteiger partial charge in [-0.3, -0.25) is 0 Å². The molecule has 5 heteroatoms. The van der Waals surface area contributed by atoms with Crippen molar-refractivity contribution in [2.45, 2.75) is 6.92 Å². The topological polar surface area (TPSA) is 56.5 Å². The Kier molecular flexibility index (Phi) is 4.85. The van der Waals surface area contributed by atoms with Gasteiger partial charge in [0, 0.05) is 25.8 Å². The number of benzene rings is 1. The standard InChI is InChI=1S/C11H17FN2O2/c1-3-16-11-7-10(14-4-5-15-2)9(13)6-8(11)12/h6-7,14H,3-5,13H2,1-2H3. The van der Waals surface area contributed by atoms with Gasteiger partial charge in [0.25, 0.3) is 0 Å². The molecule has 1 rings (SSSR count). The molecule has 0 heterocycles. The molecular formula is C11H17FN2O2. The molecule has 0 aromatic heterocycles. The number of methoxy groups -OCH3 is 1. The Morgan fingerprint density at radius 1 is 1.44 bits per heavy atom. The number of rotatable bonds is 6. The van der Waals surface area contributed by atoms with E-state index in [-0.39, 0.29) is 5.75 Å². The van der Waals surface area contributed by atoms with Crippen LogP contribution >= 0.6 is 0 Å². The Morgan fingerprint density at radius 3 is 2.81 bits per heavy atom. The Morgan fingerprint density at radius 2 is 2.19 bits per heavy atom. The fourth-order valence-corrected chi connectivity index (χ4v) is 1.28. The monoisotopic (exact) mass is 228 g/mol. The van der Waals surface area contributed by atoms with E-state index < -0.39 is 5.82 Å². The predicted molar refractivity (Wildman–Crippen MR) is 62.3 cm³/mol. The van der Waals surface area contributed by atoms with Crippen LogP contribution in [0, 0.1) is 5.82 Å². The number of nitrogen functional groups attached to an aromatic ring is 1. The van der Waals surface area contributed by atoms with Gasteiger partial charge >= 0.3 is 0 Å². The van der Waals surface area contributed by atoms with Crippen molar-refractivity contribution in [1.82, 2.24) is 0 Å². The summed E-state index contributed by atoms with van der Waals surface area (Å²) >= 11 is 0. The summed E-state index contributed by atoms with van der Waals surface area (Å²) in [4.78, 5) is 0. The van der Waals surface area contributed by atoms with Crippen LogP contribution in [-0.4, -0.2) is 26.9 Å². The summed E-state index contributed by atoms with van der Waals surface area (Å²) in [6.07, 6.45) is 0. The zero-order valence-electron chi connectivity index (χ0n) is 9.55. The molecule has 0 saturated heterocycles. The Hall–Kier alpha value is -1.49. The van der Waals surface area contributed by atoms with E-state index in [4.69, 9.17) is 15.2 Å². The maximum Gasteiger partial charge on any atom is 0.167 e. The minimum atomic E-state index is -0.448. The summed E-state index contributed by atoms with van der Waals surface area (Å²) in [5.41, 5.74) is 6.68. The van der Waals surface area contributed by atoms with Crippen LogP contribution in [0.15, 0.2) is 12.1 Å². The summed E-state index contributed by atoms with van der Waals surface area (Å²) in [5, 5.41) is 3.04. The second kappa shape index (κ2) is 6.17. The van der Waals surface area contributed by atoms with Gasteiger partial charge in [0.2, 0.25) is 0 Å². The van der Waals surface area contributed by atoms with Gasteiger partial charge < -0.3 is 20.5 Å². The fraction of sp³-hybridized carbons (Fsp3) is 0.455. The Balaban J connectivity index is 2.78. The van der Waals surface area contributed by atoms with Crippen LogP contribution in [0.4, 0.5) is 15.8 Å². The number of nitrogens with two attached hydrogens (primary N) is 1. The van der Waals surface area contributed by atoms with Gasteiger partial charge in [-0.25, -0.2) is 4.39 Å². The van der Waals surface area contributed by atoms with E-state index in [2.05, 4.69) is 5.32 Å². The summed E-state index contributed by atoms with van der Waals surface area (Å²) in [6, 6.07) is 2.81.